The van der Waals surface area contributed by atoms with Crippen molar-refractivity contribution >= 4 is 34.4 Å². The maximum absolute atomic E-state index is 13.4. The van der Waals surface area contributed by atoms with Crippen molar-refractivity contribution in [1.29, 1.82) is 0 Å². The van der Waals surface area contributed by atoms with Gasteiger partial charge in [-0.05, 0) is 51.5 Å². The number of phenols is 1. The summed E-state index contributed by atoms with van der Waals surface area (Å²) in [7, 11) is 0. The Morgan fingerprint density at radius 2 is 1.97 bits per heavy atom. The number of hydrogen-bond acceptors (Lipinski definition) is 5. The van der Waals surface area contributed by atoms with E-state index in [0.29, 0.717) is 33.2 Å². The van der Waals surface area contributed by atoms with Crippen LogP contribution in [0.1, 0.15) is 38.3 Å². The number of carbonyl (C=O) groups is 1. The van der Waals surface area contributed by atoms with Crippen molar-refractivity contribution in [2.75, 3.05) is 0 Å². The molecule has 5 nitrogen and oxygen atoms in total. The highest BCUT2D eigenvalue weighted by molar-refractivity contribution is 6.33. The van der Waals surface area contributed by atoms with Crippen molar-refractivity contribution in [2.24, 2.45) is 0 Å². The fraction of sp³-hybridized carbons (Fsp3) is 0.250. The molecule has 0 saturated carbocycles. The molecule has 1 aromatic heterocycles. The molecular formula is C24H21ClO5. The smallest absolute Gasteiger partial charge is 0.200 e. The van der Waals surface area contributed by atoms with Crippen molar-refractivity contribution in [1.82, 2.24) is 0 Å². The number of aromatic hydroxyl groups is 1. The Morgan fingerprint density at radius 1 is 1.23 bits per heavy atom. The first-order chi connectivity index (χ1) is 14.2. The van der Waals surface area contributed by atoms with E-state index in [1.165, 1.54) is 13.0 Å². The normalized spacial score (nSPS) is 14.4. The third-order valence-electron chi connectivity index (χ3n) is 5.11. The van der Waals surface area contributed by atoms with Crippen LogP contribution < -0.4 is 10.2 Å². The molecular weight excluding hydrogens is 404 g/mol. The number of carbonyl (C=O) groups excluding carboxylic acids is 1. The van der Waals surface area contributed by atoms with E-state index in [0.717, 1.165) is 0 Å². The lowest BCUT2D eigenvalue weighted by atomic mass is 9.96. The zero-order valence-corrected chi connectivity index (χ0v) is 17.7. The van der Waals surface area contributed by atoms with Crippen LogP contribution in [0.3, 0.4) is 0 Å². The quantitative estimate of drug-likeness (QED) is 0.596. The molecule has 4 rings (SSSR count). The lowest BCUT2D eigenvalue weighted by Crippen LogP contribution is -2.27. The molecule has 0 atom stereocenters. The number of halogens is 1. The maximum atomic E-state index is 13.4. The zero-order valence-electron chi connectivity index (χ0n) is 16.9. The van der Waals surface area contributed by atoms with Crippen LogP contribution in [0, 0.1) is 0 Å². The third kappa shape index (κ3) is 3.50. The van der Waals surface area contributed by atoms with E-state index < -0.39 is 5.60 Å². The van der Waals surface area contributed by atoms with Gasteiger partial charge in [0.1, 0.15) is 34.0 Å². The average Bonchev–Trinajstić information content (AvgIpc) is 2.66. The second-order valence-electron chi connectivity index (χ2n) is 7.97. The van der Waals surface area contributed by atoms with Crippen LogP contribution in [0.15, 0.2) is 45.6 Å². The molecule has 1 aliphatic heterocycles. The van der Waals surface area contributed by atoms with Gasteiger partial charge in [0, 0.05) is 23.6 Å². The summed E-state index contributed by atoms with van der Waals surface area (Å²) in [6, 6.07) is 8.48. The number of phenolic OH excluding ortho intramolecular Hbond substituents is 1. The monoisotopic (exact) mass is 424 g/mol. The second kappa shape index (κ2) is 7.33. The van der Waals surface area contributed by atoms with Crippen molar-refractivity contribution in [2.45, 2.75) is 39.2 Å². The number of hydrogen-bond donors (Lipinski definition) is 1. The SMILES string of the molecule is CC(=O)CCc1c(-c2ccccc2Cl)oc2c3c(cc(O)c2c1=O)OC(C)(C)C=C3. The van der Waals surface area contributed by atoms with Gasteiger partial charge in [0.2, 0.25) is 0 Å². The summed E-state index contributed by atoms with van der Waals surface area (Å²) < 4.78 is 12.2. The Morgan fingerprint density at radius 3 is 2.67 bits per heavy atom. The highest BCUT2D eigenvalue weighted by atomic mass is 35.5. The minimum absolute atomic E-state index is 0.0483. The molecule has 0 radical (unpaired) electrons. The molecule has 0 aliphatic carbocycles. The van der Waals surface area contributed by atoms with Gasteiger partial charge in [-0.25, -0.2) is 0 Å². The largest absolute Gasteiger partial charge is 0.507 e. The fourth-order valence-electron chi connectivity index (χ4n) is 3.61. The molecule has 0 unspecified atom stereocenters. The van der Waals surface area contributed by atoms with Gasteiger partial charge in [0.15, 0.2) is 11.0 Å². The van der Waals surface area contributed by atoms with Gasteiger partial charge in [-0.2, -0.15) is 0 Å². The van der Waals surface area contributed by atoms with Crippen LogP contribution in [0.2, 0.25) is 5.02 Å². The summed E-state index contributed by atoms with van der Waals surface area (Å²) in [4.78, 5) is 25.0. The number of rotatable bonds is 4. The molecule has 0 amide bonds. The number of Topliss-reactive ketones (excluding diaryl/α,β-unsaturated/α-hetero) is 1. The molecule has 0 bridgehead atoms. The third-order valence-corrected chi connectivity index (χ3v) is 5.44. The van der Waals surface area contributed by atoms with Crippen LogP contribution in [0.4, 0.5) is 0 Å². The van der Waals surface area contributed by atoms with Gasteiger partial charge in [-0.1, -0.05) is 23.7 Å². The maximum Gasteiger partial charge on any atom is 0.200 e. The van der Waals surface area contributed by atoms with Crippen molar-refractivity contribution in [3.05, 3.63) is 62.8 Å². The second-order valence-corrected chi connectivity index (χ2v) is 8.38. The molecule has 2 aromatic carbocycles. The van der Waals surface area contributed by atoms with Gasteiger partial charge in [-0.15, -0.1) is 0 Å². The zero-order chi connectivity index (χ0) is 21.6. The summed E-state index contributed by atoms with van der Waals surface area (Å²) in [6.45, 7) is 5.25. The fourth-order valence-corrected chi connectivity index (χ4v) is 3.84. The summed E-state index contributed by atoms with van der Waals surface area (Å²) >= 11 is 6.39. The Hall–Kier alpha value is -3.05. The summed E-state index contributed by atoms with van der Waals surface area (Å²) in [5.41, 5.74) is 0.720. The first-order valence-corrected chi connectivity index (χ1v) is 10.0. The Bertz CT molecular complexity index is 1270. The lowest BCUT2D eigenvalue weighted by molar-refractivity contribution is -0.116. The van der Waals surface area contributed by atoms with E-state index in [4.69, 9.17) is 20.8 Å². The standard InChI is InChI=1S/C24H21ClO5/c1-13(26)8-9-16-21(28)20-18(27)12-19-15(10-11-24(2,3)30-19)23(20)29-22(16)14-6-4-5-7-17(14)25/h4-7,10-12,27H,8-9H2,1-3H3. The summed E-state index contributed by atoms with van der Waals surface area (Å²) in [5.74, 6) is 0.453. The van der Waals surface area contributed by atoms with E-state index in [2.05, 4.69) is 0 Å². The van der Waals surface area contributed by atoms with E-state index in [1.807, 2.05) is 26.0 Å². The highest BCUT2D eigenvalue weighted by Gasteiger charge is 2.28. The molecule has 3 aromatic rings. The number of ketones is 1. The van der Waals surface area contributed by atoms with Gasteiger partial charge in [0.25, 0.3) is 0 Å². The summed E-state index contributed by atoms with van der Waals surface area (Å²) in [6.07, 6.45) is 4.06. The molecule has 1 N–H and O–H groups in total. The molecule has 154 valence electrons. The van der Waals surface area contributed by atoms with E-state index in [-0.39, 0.29) is 40.8 Å². The van der Waals surface area contributed by atoms with E-state index in [9.17, 15) is 14.7 Å². The molecule has 0 fully saturated rings. The number of fused-ring (bicyclic) bond motifs is 3. The Balaban J connectivity index is 2.08. The molecule has 1 aliphatic rings. The molecule has 0 saturated heterocycles. The Labute approximate surface area is 178 Å². The van der Waals surface area contributed by atoms with Gasteiger partial charge in [0.05, 0.1) is 10.6 Å². The molecule has 2 heterocycles. The topological polar surface area (TPSA) is 76.7 Å². The van der Waals surface area contributed by atoms with Crippen LogP contribution in [-0.4, -0.2) is 16.5 Å². The first-order valence-electron chi connectivity index (χ1n) is 9.66. The average molecular weight is 425 g/mol. The van der Waals surface area contributed by atoms with Crippen LogP contribution in [0.25, 0.3) is 28.4 Å². The predicted octanol–water partition coefficient (Wildman–Crippen LogP) is 5.52. The minimum Gasteiger partial charge on any atom is -0.507 e. The van der Waals surface area contributed by atoms with Crippen molar-refractivity contribution in [3.63, 3.8) is 0 Å². The minimum atomic E-state index is -0.555. The van der Waals surface area contributed by atoms with Crippen LogP contribution >= 0.6 is 11.6 Å². The van der Waals surface area contributed by atoms with Gasteiger partial charge in [-0.3, -0.25) is 4.79 Å². The molecule has 0 spiro atoms. The van der Waals surface area contributed by atoms with Gasteiger partial charge >= 0.3 is 0 Å². The highest BCUT2D eigenvalue weighted by Crippen LogP contribution is 2.42. The Kier molecular flexibility index (Phi) is 4.94. The summed E-state index contributed by atoms with van der Waals surface area (Å²) in [5, 5.41) is 11.1. The van der Waals surface area contributed by atoms with E-state index in [1.54, 1.807) is 24.3 Å². The van der Waals surface area contributed by atoms with Crippen LogP contribution in [-0.2, 0) is 11.2 Å². The van der Waals surface area contributed by atoms with Crippen molar-refractivity contribution < 1.29 is 19.1 Å². The van der Waals surface area contributed by atoms with Crippen LogP contribution in [0.5, 0.6) is 11.5 Å². The first kappa shape index (κ1) is 20.2. The lowest BCUT2D eigenvalue weighted by Gasteiger charge is -2.28. The number of benzene rings is 2. The number of ether oxygens (including phenoxy) is 1. The van der Waals surface area contributed by atoms with E-state index >= 15 is 0 Å². The molecule has 30 heavy (non-hydrogen) atoms. The van der Waals surface area contributed by atoms with Gasteiger partial charge < -0.3 is 19.1 Å². The van der Waals surface area contributed by atoms with Crippen molar-refractivity contribution in [3.8, 4) is 22.8 Å². The predicted molar refractivity (Wildman–Crippen MR) is 117 cm³/mol. The molecule has 6 heteroatoms.